The van der Waals surface area contributed by atoms with Crippen LogP contribution in [0.4, 0.5) is 0 Å². The first-order valence-electron chi connectivity index (χ1n) is 6.42. The van der Waals surface area contributed by atoms with E-state index < -0.39 is 0 Å². The Labute approximate surface area is 87.8 Å². The maximum Gasteiger partial charge on any atom is -0.0197 e. The van der Waals surface area contributed by atoms with Gasteiger partial charge in [-0.05, 0) is 61.2 Å². The summed E-state index contributed by atoms with van der Waals surface area (Å²) in [6, 6.07) is 0. The summed E-state index contributed by atoms with van der Waals surface area (Å²) in [6.45, 7) is 4.83. The Bertz CT molecular complexity index is 251. The van der Waals surface area contributed by atoms with Crippen LogP contribution in [0.1, 0.15) is 39.5 Å². The Hall–Kier alpha value is -0.260. The Morgan fingerprint density at radius 3 is 2.21 bits per heavy atom. The molecule has 0 nitrogen and oxygen atoms in total. The topological polar surface area (TPSA) is 0 Å². The highest BCUT2D eigenvalue weighted by Crippen LogP contribution is 2.55. The zero-order valence-corrected chi connectivity index (χ0v) is 9.45. The summed E-state index contributed by atoms with van der Waals surface area (Å²) in [5.41, 5.74) is 0. The molecular formula is C14H22. The minimum Gasteiger partial charge on any atom is -0.0854 e. The van der Waals surface area contributed by atoms with E-state index in [4.69, 9.17) is 0 Å². The first kappa shape index (κ1) is 9.00. The van der Waals surface area contributed by atoms with Crippen molar-refractivity contribution in [1.29, 1.82) is 0 Å². The summed E-state index contributed by atoms with van der Waals surface area (Å²) < 4.78 is 0. The van der Waals surface area contributed by atoms with Gasteiger partial charge in [-0.1, -0.05) is 26.0 Å². The molecule has 0 heteroatoms. The third kappa shape index (κ3) is 1.26. The van der Waals surface area contributed by atoms with Crippen LogP contribution in [0, 0.1) is 35.5 Å². The van der Waals surface area contributed by atoms with Crippen LogP contribution < -0.4 is 0 Å². The van der Waals surface area contributed by atoms with Crippen molar-refractivity contribution >= 4 is 0 Å². The highest BCUT2D eigenvalue weighted by molar-refractivity contribution is 5.07. The molecule has 3 rings (SSSR count). The highest BCUT2D eigenvalue weighted by Gasteiger charge is 2.46. The first-order valence-corrected chi connectivity index (χ1v) is 6.42. The summed E-state index contributed by atoms with van der Waals surface area (Å²) in [6.07, 6.45) is 11.1. The van der Waals surface area contributed by atoms with E-state index in [2.05, 4.69) is 26.0 Å². The molecule has 0 amide bonds. The molecule has 78 valence electrons. The predicted octanol–water partition coefficient (Wildman–Crippen LogP) is 3.88. The second kappa shape index (κ2) is 3.12. The molecule has 0 aromatic rings. The summed E-state index contributed by atoms with van der Waals surface area (Å²) in [5.74, 6) is 6.10. The van der Waals surface area contributed by atoms with Gasteiger partial charge in [0.15, 0.2) is 0 Å². The van der Waals surface area contributed by atoms with Gasteiger partial charge in [0.2, 0.25) is 0 Å². The lowest BCUT2D eigenvalue weighted by Gasteiger charge is -2.29. The summed E-state index contributed by atoms with van der Waals surface area (Å²) in [4.78, 5) is 0. The van der Waals surface area contributed by atoms with Crippen molar-refractivity contribution in [2.75, 3.05) is 0 Å². The Kier molecular flexibility index (Phi) is 2.00. The monoisotopic (exact) mass is 190 g/mol. The standard InChI is InChI=1S/C14H22/c1-9-3-4-11(5-9)14-8-12-7-13(14)6-10(12)2/h3-4,9-14H,5-8H2,1-2H3. The molecule has 0 aliphatic heterocycles. The minimum atomic E-state index is 0.858. The smallest absolute Gasteiger partial charge is 0.0197 e. The first-order chi connectivity index (χ1) is 6.74. The molecule has 2 saturated carbocycles. The fourth-order valence-electron chi connectivity index (χ4n) is 4.37. The lowest BCUT2D eigenvalue weighted by Crippen LogP contribution is -2.21. The lowest BCUT2D eigenvalue weighted by molar-refractivity contribution is 0.215. The molecule has 0 heterocycles. The average molecular weight is 190 g/mol. The van der Waals surface area contributed by atoms with Gasteiger partial charge in [-0.2, -0.15) is 0 Å². The van der Waals surface area contributed by atoms with Gasteiger partial charge in [-0.3, -0.25) is 0 Å². The van der Waals surface area contributed by atoms with E-state index in [1.165, 1.54) is 12.8 Å². The second-order valence-electron chi connectivity index (χ2n) is 6.13. The van der Waals surface area contributed by atoms with Crippen molar-refractivity contribution in [1.82, 2.24) is 0 Å². The lowest BCUT2D eigenvalue weighted by atomic mass is 9.75. The van der Waals surface area contributed by atoms with Gasteiger partial charge >= 0.3 is 0 Å². The van der Waals surface area contributed by atoms with Crippen LogP contribution >= 0.6 is 0 Å². The quantitative estimate of drug-likeness (QED) is 0.550. The van der Waals surface area contributed by atoms with Gasteiger partial charge in [-0.15, -0.1) is 0 Å². The highest BCUT2D eigenvalue weighted by atomic mass is 14.5. The van der Waals surface area contributed by atoms with Crippen molar-refractivity contribution in [2.45, 2.75) is 39.5 Å². The van der Waals surface area contributed by atoms with Crippen molar-refractivity contribution < 1.29 is 0 Å². The van der Waals surface area contributed by atoms with Crippen LogP contribution in [0.3, 0.4) is 0 Å². The van der Waals surface area contributed by atoms with Gasteiger partial charge in [0, 0.05) is 0 Å². The van der Waals surface area contributed by atoms with Gasteiger partial charge in [0.05, 0.1) is 0 Å². The van der Waals surface area contributed by atoms with Gasteiger partial charge in [0.25, 0.3) is 0 Å². The van der Waals surface area contributed by atoms with Gasteiger partial charge < -0.3 is 0 Å². The van der Waals surface area contributed by atoms with Gasteiger partial charge in [0.1, 0.15) is 0 Å². The average Bonchev–Trinajstić information content (AvgIpc) is 2.77. The van der Waals surface area contributed by atoms with Crippen molar-refractivity contribution in [3.8, 4) is 0 Å². The summed E-state index contributed by atoms with van der Waals surface area (Å²) in [5, 5.41) is 0. The zero-order chi connectivity index (χ0) is 9.71. The molecule has 3 aliphatic carbocycles. The van der Waals surface area contributed by atoms with E-state index in [1.54, 1.807) is 12.8 Å². The summed E-state index contributed by atoms with van der Waals surface area (Å²) >= 11 is 0. The van der Waals surface area contributed by atoms with Crippen LogP contribution in [-0.4, -0.2) is 0 Å². The number of allylic oxidation sites excluding steroid dienone is 2. The maximum atomic E-state index is 2.53. The SMILES string of the molecule is CC1C=CC(C2CC3CC2CC3C)C1. The number of hydrogen-bond acceptors (Lipinski definition) is 0. The number of rotatable bonds is 1. The van der Waals surface area contributed by atoms with E-state index in [9.17, 15) is 0 Å². The molecule has 0 aromatic heterocycles. The van der Waals surface area contributed by atoms with Crippen LogP contribution in [0.5, 0.6) is 0 Å². The molecule has 2 bridgehead atoms. The number of fused-ring (bicyclic) bond motifs is 2. The maximum absolute atomic E-state index is 2.53. The molecule has 0 radical (unpaired) electrons. The molecule has 6 unspecified atom stereocenters. The third-order valence-electron chi connectivity index (χ3n) is 5.15. The van der Waals surface area contributed by atoms with E-state index in [0.29, 0.717) is 0 Å². The minimum absolute atomic E-state index is 0.858. The largest absolute Gasteiger partial charge is 0.0854 e. The van der Waals surface area contributed by atoms with E-state index in [-0.39, 0.29) is 0 Å². The molecule has 0 spiro atoms. The third-order valence-corrected chi connectivity index (χ3v) is 5.15. The van der Waals surface area contributed by atoms with E-state index in [0.717, 1.165) is 35.5 Å². The molecule has 6 atom stereocenters. The molecule has 0 aromatic carbocycles. The summed E-state index contributed by atoms with van der Waals surface area (Å²) in [7, 11) is 0. The molecule has 2 fully saturated rings. The fourth-order valence-corrected chi connectivity index (χ4v) is 4.37. The predicted molar refractivity (Wildman–Crippen MR) is 59.9 cm³/mol. The van der Waals surface area contributed by atoms with Crippen LogP contribution in [-0.2, 0) is 0 Å². The molecule has 14 heavy (non-hydrogen) atoms. The van der Waals surface area contributed by atoms with E-state index in [1.807, 2.05) is 0 Å². The van der Waals surface area contributed by atoms with Crippen LogP contribution in [0.15, 0.2) is 12.2 Å². The van der Waals surface area contributed by atoms with Crippen LogP contribution in [0.25, 0.3) is 0 Å². The second-order valence-corrected chi connectivity index (χ2v) is 6.13. The number of hydrogen-bond donors (Lipinski definition) is 0. The molecule has 0 N–H and O–H groups in total. The molecule has 3 aliphatic rings. The molecular weight excluding hydrogens is 168 g/mol. The normalized spacial score (nSPS) is 55.9. The zero-order valence-electron chi connectivity index (χ0n) is 9.45. The van der Waals surface area contributed by atoms with Crippen molar-refractivity contribution in [2.24, 2.45) is 35.5 Å². The van der Waals surface area contributed by atoms with E-state index >= 15 is 0 Å². The van der Waals surface area contributed by atoms with Crippen LogP contribution in [0.2, 0.25) is 0 Å². The Morgan fingerprint density at radius 2 is 1.71 bits per heavy atom. The fraction of sp³-hybridized carbons (Fsp3) is 0.857. The Morgan fingerprint density at radius 1 is 0.857 bits per heavy atom. The molecule has 0 saturated heterocycles. The van der Waals surface area contributed by atoms with Gasteiger partial charge in [-0.25, -0.2) is 0 Å². The van der Waals surface area contributed by atoms with Crippen molar-refractivity contribution in [3.63, 3.8) is 0 Å². The Balaban J connectivity index is 1.69. The van der Waals surface area contributed by atoms with Crippen molar-refractivity contribution in [3.05, 3.63) is 12.2 Å².